The van der Waals surface area contributed by atoms with Crippen molar-refractivity contribution in [1.82, 2.24) is 10.6 Å². The first-order valence-electron chi connectivity index (χ1n) is 7.69. The molecule has 1 aromatic rings. The molecule has 7 heteroatoms. The molecule has 0 saturated carbocycles. The molecule has 0 saturated heterocycles. The van der Waals surface area contributed by atoms with Gasteiger partial charge in [0.15, 0.2) is 16.6 Å². The summed E-state index contributed by atoms with van der Waals surface area (Å²) in [5, 5.41) is 6.52. The van der Waals surface area contributed by atoms with Gasteiger partial charge in [0.05, 0.1) is 32.4 Å². The lowest BCUT2D eigenvalue weighted by Gasteiger charge is -2.31. The minimum Gasteiger partial charge on any atom is -0.493 e. The fraction of sp³-hybridized carbons (Fsp3) is 0.412. The molecule has 0 unspecified atom stereocenters. The van der Waals surface area contributed by atoms with Crippen molar-refractivity contribution >= 4 is 23.3 Å². The number of ether oxygens (including phenoxy) is 3. The van der Waals surface area contributed by atoms with Gasteiger partial charge in [-0.1, -0.05) is 19.1 Å². The number of nitrogens with one attached hydrogen (secondary N) is 2. The highest BCUT2D eigenvalue weighted by Gasteiger charge is 2.33. The number of methoxy groups -OCH3 is 2. The van der Waals surface area contributed by atoms with Crippen LogP contribution in [0.2, 0.25) is 0 Å². The van der Waals surface area contributed by atoms with Crippen molar-refractivity contribution in [3.05, 3.63) is 35.0 Å². The number of para-hydroxylation sites is 1. The molecule has 0 radical (unpaired) electrons. The van der Waals surface area contributed by atoms with Crippen LogP contribution in [0, 0.1) is 0 Å². The van der Waals surface area contributed by atoms with Gasteiger partial charge < -0.3 is 24.8 Å². The van der Waals surface area contributed by atoms with E-state index < -0.39 is 12.0 Å². The van der Waals surface area contributed by atoms with E-state index in [1.807, 2.05) is 25.1 Å². The largest absolute Gasteiger partial charge is 0.493 e. The van der Waals surface area contributed by atoms with Crippen LogP contribution in [0.25, 0.3) is 0 Å². The predicted molar refractivity (Wildman–Crippen MR) is 95.1 cm³/mol. The molecule has 130 valence electrons. The maximum absolute atomic E-state index is 12.3. The summed E-state index contributed by atoms with van der Waals surface area (Å²) in [6.45, 7) is 4.36. The minimum absolute atomic E-state index is 0.427. The topological polar surface area (TPSA) is 68.8 Å². The molecule has 0 spiro atoms. The van der Waals surface area contributed by atoms with Crippen molar-refractivity contribution in [3.8, 4) is 11.5 Å². The lowest BCUT2D eigenvalue weighted by atomic mass is 9.94. The number of carbonyl (C=O) groups is 1. The number of carbonyl (C=O) groups excluding carboxylic acids is 1. The maximum atomic E-state index is 12.3. The summed E-state index contributed by atoms with van der Waals surface area (Å²) in [5.74, 6) is 0.775. The number of rotatable bonds is 6. The summed E-state index contributed by atoms with van der Waals surface area (Å²) in [4.78, 5) is 12.3. The molecule has 0 aromatic heterocycles. The Bertz CT molecular complexity index is 673. The van der Waals surface area contributed by atoms with E-state index in [-0.39, 0.29) is 0 Å². The van der Waals surface area contributed by atoms with E-state index in [0.29, 0.717) is 34.5 Å². The highest BCUT2D eigenvalue weighted by molar-refractivity contribution is 7.80. The zero-order chi connectivity index (χ0) is 17.7. The summed E-state index contributed by atoms with van der Waals surface area (Å²) in [7, 11) is 2.94. The van der Waals surface area contributed by atoms with Crippen LogP contribution < -0.4 is 20.1 Å². The fourth-order valence-electron chi connectivity index (χ4n) is 2.59. The van der Waals surface area contributed by atoms with Crippen molar-refractivity contribution in [3.63, 3.8) is 0 Å². The van der Waals surface area contributed by atoms with Gasteiger partial charge in [-0.15, -0.1) is 0 Å². The third-order valence-electron chi connectivity index (χ3n) is 3.67. The van der Waals surface area contributed by atoms with Gasteiger partial charge in [-0.25, -0.2) is 4.79 Å². The first-order chi connectivity index (χ1) is 11.5. The predicted octanol–water partition coefficient (Wildman–Crippen LogP) is 2.45. The average Bonchev–Trinajstić information content (AvgIpc) is 2.58. The molecule has 0 aliphatic carbocycles. The van der Waals surface area contributed by atoms with Gasteiger partial charge in [-0.3, -0.25) is 0 Å². The highest BCUT2D eigenvalue weighted by atomic mass is 32.1. The fourth-order valence-corrected chi connectivity index (χ4v) is 2.86. The molecule has 0 amide bonds. The second-order valence-electron chi connectivity index (χ2n) is 5.29. The molecule has 1 aliphatic rings. The van der Waals surface area contributed by atoms with Gasteiger partial charge in [-0.2, -0.15) is 0 Å². The van der Waals surface area contributed by atoms with Crippen molar-refractivity contribution in [2.45, 2.75) is 26.3 Å². The summed E-state index contributed by atoms with van der Waals surface area (Å²) in [6.07, 6.45) is 0.855. The standard InChI is InChI=1S/C17H22N2O4S/c1-5-9-23-15-11(7-6-8-12(15)21-3)14-13(16(20)22-4)10(2)18-17(24)19-14/h6-8,14H,5,9H2,1-4H3,(H2,18,19,24)/t14-/m0/s1. The Kier molecular flexibility index (Phi) is 6.03. The van der Waals surface area contributed by atoms with E-state index in [1.54, 1.807) is 14.0 Å². The Morgan fingerprint density at radius 1 is 1.33 bits per heavy atom. The minimum atomic E-state index is -0.479. The van der Waals surface area contributed by atoms with E-state index >= 15 is 0 Å². The van der Waals surface area contributed by atoms with Crippen LogP contribution in [0.3, 0.4) is 0 Å². The van der Waals surface area contributed by atoms with Gasteiger partial charge in [0.2, 0.25) is 0 Å². The van der Waals surface area contributed by atoms with Gasteiger partial charge in [0, 0.05) is 11.3 Å². The van der Waals surface area contributed by atoms with Crippen molar-refractivity contribution in [2.24, 2.45) is 0 Å². The summed E-state index contributed by atoms with van der Waals surface area (Å²) >= 11 is 5.25. The Balaban J connectivity index is 2.57. The molecule has 24 heavy (non-hydrogen) atoms. The van der Waals surface area contributed by atoms with Crippen LogP contribution in [-0.2, 0) is 9.53 Å². The number of benzene rings is 1. The highest BCUT2D eigenvalue weighted by Crippen LogP contribution is 2.39. The van der Waals surface area contributed by atoms with Gasteiger partial charge in [-0.05, 0) is 31.6 Å². The van der Waals surface area contributed by atoms with Gasteiger partial charge in [0.25, 0.3) is 0 Å². The van der Waals surface area contributed by atoms with Crippen LogP contribution in [-0.4, -0.2) is 31.9 Å². The van der Waals surface area contributed by atoms with E-state index in [2.05, 4.69) is 10.6 Å². The normalized spacial score (nSPS) is 17.0. The number of esters is 1. The Labute approximate surface area is 147 Å². The summed E-state index contributed by atoms with van der Waals surface area (Å²) < 4.78 is 16.2. The number of hydrogen-bond donors (Lipinski definition) is 2. The van der Waals surface area contributed by atoms with Gasteiger partial charge >= 0.3 is 5.97 Å². The third-order valence-corrected chi connectivity index (χ3v) is 3.89. The number of hydrogen-bond acceptors (Lipinski definition) is 5. The number of allylic oxidation sites excluding steroid dienone is 1. The molecule has 6 nitrogen and oxygen atoms in total. The summed E-state index contributed by atoms with van der Waals surface area (Å²) in [6, 6.07) is 5.08. The third kappa shape index (κ3) is 3.62. The Hall–Kier alpha value is -2.28. The maximum Gasteiger partial charge on any atom is 0.337 e. The Morgan fingerprint density at radius 3 is 2.71 bits per heavy atom. The quantitative estimate of drug-likeness (QED) is 0.603. The van der Waals surface area contributed by atoms with E-state index in [1.165, 1.54) is 7.11 Å². The first-order valence-corrected chi connectivity index (χ1v) is 8.10. The first kappa shape index (κ1) is 18.1. The molecule has 1 atom stereocenters. The molecule has 1 aliphatic heterocycles. The summed E-state index contributed by atoms with van der Waals surface area (Å²) in [5.41, 5.74) is 1.88. The van der Waals surface area contributed by atoms with E-state index in [9.17, 15) is 4.79 Å². The van der Waals surface area contributed by atoms with Crippen LogP contribution in [0.1, 0.15) is 31.9 Å². The second kappa shape index (κ2) is 8.01. The molecular formula is C17H22N2O4S. The molecule has 1 heterocycles. The van der Waals surface area contributed by atoms with Crippen LogP contribution in [0.15, 0.2) is 29.5 Å². The van der Waals surface area contributed by atoms with Crippen LogP contribution >= 0.6 is 12.2 Å². The lowest BCUT2D eigenvalue weighted by molar-refractivity contribution is -0.136. The van der Waals surface area contributed by atoms with Crippen molar-refractivity contribution in [2.75, 3.05) is 20.8 Å². The molecule has 0 bridgehead atoms. The monoisotopic (exact) mass is 350 g/mol. The average molecular weight is 350 g/mol. The zero-order valence-corrected chi connectivity index (χ0v) is 15.1. The zero-order valence-electron chi connectivity index (χ0n) is 14.3. The smallest absolute Gasteiger partial charge is 0.337 e. The molecule has 0 fully saturated rings. The molecule has 2 N–H and O–H groups in total. The molecule has 2 rings (SSSR count). The van der Waals surface area contributed by atoms with Gasteiger partial charge in [0.1, 0.15) is 0 Å². The lowest BCUT2D eigenvalue weighted by Crippen LogP contribution is -2.45. The van der Waals surface area contributed by atoms with E-state index in [4.69, 9.17) is 26.4 Å². The van der Waals surface area contributed by atoms with Crippen LogP contribution in [0.4, 0.5) is 0 Å². The van der Waals surface area contributed by atoms with Crippen molar-refractivity contribution in [1.29, 1.82) is 0 Å². The van der Waals surface area contributed by atoms with Crippen molar-refractivity contribution < 1.29 is 19.0 Å². The van der Waals surface area contributed by atoms with E-state index in [0.717, 1.165) is 12.0 Å². The second-order valence-corrected chi connectivity index (χ2v) is 5.70. The molecular weight excluding hydrogens is 328 g/mol. The SMILES string of the molecule is CCCOc1c(OC)cccc1[C@@H]1NC(=S)NC(C)=C1C(=O)OC. The van der Waals surface area contributed by atoms with Crippen LogP contribution in [0.5, 0.6) is 11.5 Å². The Morgan fingerprint density at radius 2 is 2.08 bits per heavy atom. The molecule has 1 aromatic carbocycles. The number of thiocarbonyl (C=S) groups is 1.